The van der Waals surface area contributed by atoms with Gasteiger partial charge in [-0.15, -0.1) is 11.8 Å². The van der Waals surface area contributed by atoms with Crippen LogP contribution in [0.5, 0.6) is 0 Å². The summed E-state index contributed by atoms with van der Waals surface area (Å²) in [7, 11) is 0. The predicted octanol–water partition coefficient (Wildman–Crippen LogP) is 7.76. The van der Waals surface area contributed by atoms with Gasteiger partial charge in [-0.2, -0.15) is 0 Å². The lowest BCUT2D eigenvalue weighted by Crippen LogP contribution is -2.51. The van der Waals surface area contributed by atoms with Crippen LogP contribution in [0.1, 0.15) is 43.7 Å². The molecule has 0 saturated carbocycles. The Hall–Kier alpha value is -3.45. The van der Waals surface area contributed by atoms with Gasteiger partial charge < -0.3 is 0 Å². The highest BCUT2D eigenvalue weighted by molar-refractivity contribution is 8.02. The molecule has 5 nitrogen and oxygen atoms in total. The minimum Gasteiger partial charge on any atom is -0.293 e. The van der Waals surface area contributed by atoms with Gasteiger partial charge in [0.05, 0.1) is 22.3 Å². The fourth-order valence-electron chi connectivity index (χ4n) is 5.27. The van der Waals surface area contributed by atoms with Gasteiger partial charge in [-0.05, 0) is 59.7 Å². The molecule has 0 bridgehead atoms. The molecule has 8 heteroatoms. The van der Waals surface area contributed by atoms with Crippen molar-refractivity contribution in [3.05, 3.63) is 152 Å². The zero-order valence-corrected chi connectivity index (χ0v) is 22.9. The Morgan fingerprint density at radius 3 is 1.31 bits per heavy atom. The highest BCUT2D eigenvalue weighted by Crippen LogP contribution is 2.51. The fraction of sp³-hybridized carbons (Fsp3) is 0.161. The van der Waals surface area contributed by atoms with Gasteiger partial charge >= 0.3 is 0 Å². The van der Waals surface area contributed by atoms with Crippen LogP contribution in [0.25, 0.3) is 0 Å². The van der Waals surface area contributed by atoms with Gasteiger partial charge in [0.2, 0.25) is 6.04 Å². The Kier molecular flexibility index (Phi) is 8.17. The van der Waals surface area contributed by atoms with Gasteiger partial charge in [0.15, 0.2) is 11.6 Å². The van der Waals surface area contributed by atoms with Crippen molar-refractivity contribution in [3.8, 4) is 0 Å². The molecule has 0 radical (unpaired) electrons. The summed E-state index contributed by atoms with van der Waals surface area (Å²) in [6, 6.07) is 29.9. The number of carbonyl (C=O) groups excluding carboxylic acids is 2. The van der Waals surface area contributed by atoms with E-state index in [2.05, 4.69) is 0 Å². The molecule has 39 heavy (non-hydrogen) atoms. The summed E-state index contributed by atoms with van der Waals surface area (Å²) in [5.74, 6) is -2.13. The monoisotopic (exact) mass is 575 g/mol. The summed E-state index contributed by atoms with van der Waals surface area (Å²) in [4.78, 5) is 40.7. The second-order valence-corrected chi connectivity index (χ2v) is 11.5. The molecular weight excluding hydrogens is 553 g/mol. The Morgan fingerprint density at radius 1 is 0.615 bits per heavy atom. The first-order valence-corrected chi connectivity index (χ1v) is 14.0. The number of hydrogen-bond donors (Lipinski definition) is 0. The number of benzene rings is 4. The smallest absolute Gasteiger partial charge is 0.229 e. The van der Waals surface area contributed by atoms with Crippen LogP contribution in [-0.4, -0.2) is 33.0 Å². The first-order chi connectivity index (χ1) is 18.8. The molecule has 0 spiro atoms. The molecule has 1 saturated heterocycles. The number of ketones is 2. The summed E-state index contributed by atoms with van der Waals surface area (Å²) >= 11 is 13.3. The number of Topliss-reactive ketones (excluding diaryl/α,β-unsaturated/α-hetero) is 2. The Balaban J connectivity index is 1.70. The van der Waals surface area contributed by atoms with E-state index in [4.69, 9.17) is 23.2 Å². The number of nitrogens with zero attached hydrogens (tertiary/aromatic N) is 1. The molecule has 4 atom stereocenters. The maximum absolute atomic E-state index is 14.0. The molecule has 4 aromatic rings. The van der Waals surface area contributed by atoms with E-state index in [-0.39, 0.29) is 16.5 Å². The summed E-state index contributed by atoms with van der Waals surface area (Å²) in [5.41, 5.74) is 2.13. The third kappa shape index (κ3) is 5.64. The minimum atomic E-state index is -1.24. The number of halogens is 2. The van der Waals surface area contributed by atoms with E-state index in [1.54, 1.807) is 48.5 Å². The van der Waals surface area contributed by atoms with Crippen LogP contribution in [0.4, 0.5) is 0 Å². The van der Waals surface area contributed by atoms with Gasteiger partial charge in [-0.3, -0.25) is 19.7 Å². The normalized spacial score (nSPS) is 22.7. The first-order valence-electron chi connectivity index (χ1n) is 12.3. The van der Waals surface area contributed by atoms with E-state index >= 15 is 0 Å². The van der Waals surface area contributed by atoms with E-state index in [1.807, 2.05) is 60.7 Å². The van der Waals surface area contributed by atoms with Crippen molar-refractivity contribution in [2.45, 2.75) is 28.4 Å². The Labute approximate surface area is 240 Å². The van der Waals surface area contributed by atoms with Crippen LogP contribution in [-0.2, 0) is 0 Å². The quantitative estimate of drug-likeness (QED) is 0.128. The Morgan fingerprint density at radius 2 is 0.974 bits per heavy atom. The molecule has 0 unspecified atom stereocenters. The first kappa shape index (κ1) is 27.1. The number of carbonyl (C=O) groups is 2. The maximum atomic E-state index is 14.0. The van der Waals surface area contributed by atoms with Gasteiger partial charge in [-0.25, -0.2) is 0 Å². The predicted molar refractivity (Wildman–Crippen MR) is 156 cm³/mol. The Bertz CT molecular complexity index is 1370. The number of nitro groups is 1. The van der Waals surface area contributed by atoms with E-state index < -0.39 is 28.4 Å². The minimum absolute atomic E-state index is 0.280. The molecule has 4 aromatic carbocycles. The highest BCUT2D eigenvalue weighted by Gasteiger charge is 2.57. The van der Waals surface area contributed by atoms with Crippen LogP contribution >= 0.6 is 35.0 Å². The van der Waals surface area contributed by atoms with Crippen LogP contribution < -0.4 is 0 Å². The zero-order valence-electron chi connectivity index (χ0n) is 20.5. The topological polar surface area (TPSA) is 77.3 Å². The molecule has 0 N–H and O–H groups in total. The summed E-state index contributed by atoms with van der Waals surface area (Å²) in [6.45, 7) is 0. The number of rotatable bonds is 7. The molecule has 1 aliphatic heterocycles. The zero-order chi connectivity index (χ0) is 27.5. The average molecular weight is 577 g/mol. The third-order valence-electron chi connectivity index (χ3n) is 7.07. The van der Waals surface area contributed by atoms with Crippen molar-refractivity contribution in [1.82, 2.24) is 0 Å². The lowest BCUT2D eigenvalue weighted by Gasteiger charge is -2.42. The van der Waals surface area contributed by atoms with Crippen molar-refractivity contribution in [2.24, 2.45) is 0 Å². The van der Waals surface area contributed by atoms with Gasteiger partial charge in [0.25, 0.3) is 0 Å². The van der Waals surface area contributed by atoms with E-state index in [9.17, 15) is 19.7 Å². The molecule has 1 fully saturated rings. The van der Waals surface area contributed by atoms with Crippen molar-refractivity contribution in [2.75, 3.05) is 0 Å². The van der Waals surface area contributed by atoms with E-state index in [0.717, 1.165) is 0 Å². The van der Waals surface area contributed by atoms with Gasteiger partial charge in [-0.1, -0.05) is 83.9 Å². The lowest BCUT2D eigenvalue weighted by atomic mass is 9.74. The molecule has 5 rings (SSSR count). The summed E-state index contributed by atoms with van der Waals surface area (Å²) < 4.78 is 0. The molecule has 1 aliphatic rings. The number of thioether (sulfide) groups is 1. The van der Waals surface area contributed by atoms with Crippen LogP contribution in [0.3, 0.4) is 0 Å². The van der Waals surface area contributed by atoms with Crippen LogP contribution in [0, 0.1) is 10.1 Å². The van der Waals surface area contributed by atoms with Gasteiger partial charge in [0, 0.05) is 26.1 Å². The highest BCUT2D eigenvalue weighted by atomic mass is 35.5. The van der Waals surface area contributed by atoms with Crippen molar-refractivity contribution >= 4 is 46.5 Å². The molecule has 0 aromatic heterocycles. The second-order valence-electron chi connectivity index (χ2n) is 9.37. The second kappa shape index (κ2) is 11.7. The largest absolute Gasteiger partial charge is 0.293 e. The number of hydrogen-bond acceptors (Lipinski definition) is 5. The fourth-order valence-corrected chi connectivity index (χ4v) is 7.33. The maximum Gasteiger partial charge on any atom is 0.229 e. The molecule has 0 amide bonds. The molecule has 0 aliphatic carbocycles. The van der Waals surface area contributed by atoms with Crippen molar-refractivity contribution in [3.63, 3.8) is 0 Å². The SMILES string of the molecule is O=C(c1ccc(Cl)cc1)[C@H]1S[C@H](C(=O)c2ccc(Cl)cc2)[C@@H](c2ccccc2)C([N+](=O)[O-])[C@@H]1c1ccccc1. The van der Waals surface area contributed by atoms with E-state index in [1.165, 1.54) is 11.8 Å². The summed E-state index contributed by atoms with van der Waals surface area (Å²) in [6.07, 6.45) is 0. The third-order valence-corrected chi connectivity index (χ3v) is 9.17. The average Bonchev–Trinajstić information content (AvgIpc) is 2.97. The van der Waals surface area contributed by atoms with Gasteiger partial charge in [0.1, 0.15) is 0 Å². The lowest BCUT2D eigenvalue weighted by molar-refractivity contribution is -0.531. The van der Waals surface area contributed by atoms with Crippen LogP contribution in [0.15, 0.2) is 109 Å². The standard InChI is InChI=1S/C31H23Cl2NO4S/c32-23-15-11-21(12-16-23)28(35)30-25(19-7-3-1-4-8-19)27(34(37)38)26(20-9-5-2-6-10-20)31(39-30)29(36)22-13-17-24(33)18-14-22/h1-18,25-27,30-31H/t25-,26-,30-,31-/m0/s1. The van der Waals surface area contributed by atoms with Crippen molar-refractivity contribution < 1.29 is 14.5 Å². The van der Waals surface area contributed by atoms with E-state index in [0.29, 0.717) is 32.3 Å². The van der Waals surface area contributed by atoms with Crippen molar-refractivity contribution in [1.29, 1.82) is 0 Å². The molecule has 1 heterocycles. The molecular formula is C31H23Cl2NO4S. The molecule has 196 valence electrons. The van der Waals surface area contributed by atoms with Crippen LogP contribution in [0.2, 0.25) is 10.0 Å². The summed E-state index contributed by atoms with van der Waals surface area (Å²) in [5, 5.41) is 12.1.